The number of hydrogen-bond acceptors (Lipinski definition) is 8. The van der Waals surface area contributed by atoms with Crippen LogP contribution in [0.15, 0.2) is 34.9 Å². The Balaban J connectivity index is 1.62. The Bertz CT molecular complexity index is 1200. The fraction of sp³-hybridized carbons (Fsp3) is 0.538. The first-order valence-corrected chi connectivity index (χ1v) is 13.5. The summed E-state index contributed by atoms with van der Waals surface area (Å²) in [5, 5.41) is 19.2. The number of aliphatic hydroxyl groups excluding tert-OH is 1. The number of azide groups is 1. The number of nitrogens with zero attached hydrogens (tertiary/aromatic N) is 5. The molecule has 0 aliphatic carbocycles. The first-order chi connectivity index (χ1) is 18.5. The fourth-order valence-electron chi connectivity index (χ4n) is 4.30. The highest BCUT2D eigenvalue weighted by molar-refractivity contribution is 7.13. The number of β-amino-alcohol motifs (C(OH)–C–C–N with tert-alkyl or cyclic N) is 1. The van der Waals surface area contributed by atoms with Gasteiger partial charge in [0.25, 0.3) is 0 Å². The third kappa shape index (κ3) is 8.24. The van der Waals surface area contributed by atoms with Crippen LogP contribution in [0.3, 0.4) is 0 Å². The second-order valence-electron chi connectivity index (χ2n) is 10.5. The van der Waals surface area contributed by atoms with Crippen LogP contribution in [-0.4, -0.2) is 77.2 Å². The summed E-state index contributed by atoms with van der Waals surface area (Å²) in [6.07, 6.45) is -0.749. The van der Waals surface area contributed by atoms with Gasteiger partial charge in [-0.25, -0.2) is 4.98 Å². The van der Waals surface area contributed by atoms with Gasteiger partial charge in [0, 0.05) is 31.0 Å². The van der Waals surface area contributed by atoms with Crippen molar-refractivity contribution in [2.24, 2.45) is 10.5 Å². The Morgan fingerprint density at radius 3 is 2.64 bits per heavy atom. The maximum Gasteiger partial charge on any atom is 0.246 e. The highest BCUT2D eigenvalue weighted by Gasteiger charge is 2.44. The molecule has 1 aliphatic heterocycles. The Morgan fingerprint density at radius 2 is 2.03 bits per heavy atom. The number of benzene rings is 1. The zero-order valence-electron chi connectivity index (χ0n) is 22.6. The van der Waals surface area contributed by atoms with Crippen LogP contribution in [0.25, 0.3) is 20.9 Å². The van der Waals surface area contributed by atoms with Crippen molar-refractivity contribution < 1.29 is 24.2 Å². The molecule has 1 saturated heterocycles. The van der Waals surface area contributed by atoms with Crippen LogP contribution in [0, 0.1) is 12.3 Å². The summed E-state index contributed by atoms with van der Waals surface area (Å²) in [6.45, 7) is 7.47. The molecule has 0 spiro atoms. The van der Waals surface area contributed by atoms with Crippen molar-refractivity contribution in [1.29, 1.82) is 0 Å². The van der Waals surface area contributed by atoms with Gasteiger partial charge in [0.15, 0.2) is 0 Å². The number of aryl methyl sites for hydroxylation is 1. The molecule has 210 valence electrons. The first-order valence-electron chi connectivity index (χ1n) is 12.6. The van der Waals surface area contributed by atoms with Crippen LogP contribution >= 0.6 is 11.3 Å². The molecule has 1 aromatic carbocycles. The van der Waals surface area contributed by atoms with E-state index in [0.29, 0.717) is 0 Å². The summed E-state index contributed by atoms with van der Waals surface area (Å²) >= 11 is 1.57. The molecule has 1 aliphatic rings. The monoisotopic (exact) mass is 557 g/mol. The zero-order valence-corrected chi connectivity index (χ0v) is 23.4. The van der Waals surface area contributed by atoms with Crippen molar-refractivity contribution in [1.82, 2.24) is 20.5 Å². The van der Waals surface area contributed by atoms with Gasteiger partial charge in [-0.15, -0.1) is 11.3 Å². The molecular formula is C26H35N7O5S. The molecule has 3 atom stereocenters. The van der Waals surface area contributed by atoms with Gasteiger partial charge >= 0.3 is 0 Å². The predicted octanol–water partition coefficient (Wildman–Crippen LogP) is 2.55. The van der Waals surface area contributed by atoms with Crippen LogP contribution < -0.4 is 10.6 Å². The van der Waals surface area contributed by atoms with Crippen molar-refractivity contribution in [3.8, 4) is 10.4 Å². The van der Waals surface area contributed by atoms with Gasteiger partial charge in [-0.3, -0.25) is 14.4 Å². The molecule has 13 heteroatoms. The lowest BCUT2D eigenvalue weighted by Crippen LogP contribution is -2.58. The third-order valence-electron chi connectivity index (χ3n) is 6.34. The number of aliphatic hydroxyl groups is 1. The Morgan fingerprint density at radius 1 is 1.31 bits per heavy atom. The molecule has 2 heterocycles. The maximum absolute atomic E-state index is 13.6. The lowest BCUT2D eigenvalue weighted by molar-refractivity contribution is -0.144. The Labute approximate surface area is 231 Å². The summed E-state index contributed by atoms with van der Waals surface area (Å²) in [4.78, 5) is 48.5. The third-order valence-corrected chi connectivity index (χ3v) is 7.32. The number of likely N-dealkylation sites (tertiary alicyclic amines) is 1. The maximum atomic E-state index is 13.6. The SMILES string of the molecule is Cc1ncsc1-c1ccc(CNC(=O)C2CC(O)CN2C(=O)[C@@H](NC(=O)COCCN=[N+]=[N-])C(C)(C)C)cc1. The number of nitrogens with one attached hydrogen (secondary N) is 2. The minimum Gasteiger partial charge on any atom is -0.391 e. The number of carbonyl (C=O) groups excluding carboxylic acids is 3. The Kier molecular flexibility index (Phi) is 10.4. The molecule has 3 amide bonds. The molecule has 0 radical (unpaired) electrons. The van der Waals surface area contributed by atoms with E-state index in [1.165, 1.54) is 4.90 Å². The molecule has 1 fully saturated rings. The quantitative estimate of drug-likeness (QED) is 0.166. The van der Waals surface area contributed by atoms with Gasteiger partial charge in [-0.05, 0) is 29.0 Å². The summed E-state index contributed by atoms with van der Waals surface area (Å²) in [5.74, 6) is -1.34. The highest BCUT2D eigenvalue weighted by Crippen LogP contribution is 2.28. The van der Waals surface area contributed by atoms with Gasteiger partial charge in [0.05, 0.1) is 28.8 Å². The van der Waals surface area contributed by atoms with Gasteiger partial charge < -0.3 is 25.4 Å². The van der Waals surface area contributed by atoms with E-state index in [0.717, 1.165) is 21.7 Å². The lowest BCUT2D eigenvalue weighted by Gasteiger charge is -2.35. The van der Waals surface area contributed by atoms with Crippen molar-refractivity contribution in [3.05, 3.63) is 51.5 Å². The molecule has 3 rings (SSSR count). The molecule has 1 aromatic heterocycles. The van der Waals surface area contributed by atoms with Gasteiger partial charge in [-0.1, -0.05) is 50.2 Å². The number of ether oxygens (including phenoxy) is 1. The van der Waals surface area contributed by atoms with Crippen LogP contribution in [-0.2, 0) is 25.7 Å². The standard InChI is InChI=1S/C26H35N7O5S/c1-16-22(39-15-29-16)18-7-5-17(6-8-18)12-28-24(36)20-11-19(34)13-33(20)25(37)23(26(2,3)4)31-21(35)14-38-10-9-30-32-27/h5-8,15,19-20,23,34H,9-14H2,1-4H3,(H,28,36)(H,31,35)/t19?,20?,23-/m1/s1. The van der Waals surface area contributed by atoms with Crippen molar-refractivity contribution in [2.75, 3.05) is 26.3 Å². The molecule has 2 unspecified atom stereocenters. The van der Waals surface area contributed by atoms with E-state index in [1.807, 2.05) is 31.2 Å². The minimum atomic E-state index is -0.950. The predicted molar refractivity (Wildman–Crippen MR) is 146 cm³/mol. The number of amides is 3. The fourth-order valence-corrected chi connectivity index (χ4v) is 5.11. The van der Waals surface area contributed by atoms with E-state index in [9.17, 15) is 19.5 Å². The van der Waals surface area contributed by atoms with Crippen LogP contribution in [0.2, 0.25) is 0 Å². The summed E-state index contributed by atoms with van der Waals surface area (Å²) in [6, 6.07) is 6.01. The number of thiazole rings is 1. The molecular weight excluding hydrogens is 522 g/mol. The number of rotatable bonds is 11. The van der Waals surface area contributed by atoms with Gasteiger partial charge in [0.1, 0.15) is 18.7 Å². The summed E-state index contributed by atoms with van der Waals surface area (Å²) < 4.78 is 5.19. The van der Waals surface area contributed by atoms with E-state index in [4.69, 9.17) is 10.3 Å². The number of hydrogen-bond donors (Lipinski definition) is 3. The minimum absolute atomic E-state index is 0.00900. The normalized spacial score (nSPS) is 17.8. The van der Waals surface area contributed by atoms with Crippen molar-refractivity contribution >= 4 is 29.1 Å². The van der Waals surface area contributed by atoms with Crippen LogP contribution in [0.5, 0.6) is 0 Å². The largest absolute Gasteiger partial charge is 0.391 e. The van der Waals surface area contributed by atoms with Crippen LogP contribution in [0.1, 0.15) is 38.4 Å². The van der Waals surface area contributed by atoms with Crippen molar-refractivity contribution in [2.45, 2.75) is 58.8 Å². The molecule has 0 saturated carbocycles. The lowest BCUT2D eigenvalue weighted by atomic mass is 9.85. The zero-order chi connectivity index (χ0) is 28.6. The summed E-state index contributed by atoms with van der Waals surface area (Å²) in [7, 11) is 0. The smallest absolute Gasteiger partial charge is 0.246 e. The highest BCUT2D eigenvalue weighted by atomic mass is 32.1. The van der Waals surface area contributed by atoms with E-state index in [2.05, 4.69) is 25.6 Å². The van der Waals surface area contributed by atoms with Gasteiger partial charge in [0.2, 0.25) is 17.7 Å². The molecule has 2 aromatic rings. The van der Waals surface area contributed by atoms with Crippen LogP contribution in [0.4, 0.5) is 0 Å². The summed E-state index contributed by atoms with van der Waals surface area (Å²) in [5.41, 5.74) is 12.3. The topological polar surface area (TPSA) is 170 Å². The van der Waals surface area contributed by atoms with Crippen molar-refractivity contribution in [3.63, 3.8) is 0 Å². The molecule has 39 heavy (non-hydrogen) atoms. The van der Waals surface area contributed by atoms with E-state index < -0.39 is 35.4 Å². The molecule has 0 bridgehead atoms. The average molecular weight is 558 g/mol. The molecule has 3 N–H and O–H groups in total. The van der Waals surface area contributed by atoms with E-state index in [-0.39, 0.29) is 45.2 Å². The molecule has 12 nitrogen and oxygen atoms in total. The second-order valence-corrected chi connectivity index (χ2v) is 11.3. The first kappa shape index (κ1) is 30.0. The number of aromatic nitrogens is 1. The van der Waals surface area contributed by atoms with E-state index >= 15 is 0 Å². The number of carbonyl (C=O) groups is 3. The van der Waals surface area contributed by atoms with E-state index in [1.54, 1.807) is 37.6 Å². The average Bonchev–Trinajstić information content (AvgIpc) is 3.50. The van der Waals surface area contributed by atoms with Gasteiger partial charge in [-0.2, -0.15) is 0 Å². The second kappa shape index (κ2) is 13.5. The Hall–Kier alpha value is -3.51.